The van der Waals surface area contributed by atoms with Crippen molar-refractivity contribution in [2.24, 2.45) is 0 Å². The van der Waals surface area contributed by atoms with E-state index in [0.717, 1.165) is 32.7 Å². The number of rotatable bonds is 10. The van der Waals surface area contributed by atoms with Gasteiger partial charge in [0.25, 0.3) is 0 Å². The SMILES string of the molecule is CCNC(=O)NCc1ccc(C2O[C@H](CSc3ccc(O)cc3)[C@@H](c3ccccc3)[C@H](c3ccc(CO)cc3)O2)cc1. The molecule has 1 aliphatic heterocycles. The predicted molar refractivity (Wildman–Crippen MR) is 164 cm³/mol. The van der Waals surface area contributed by atoms with Crippen molar-refractivity contribution in [2.45, 2.75) is 49.4 Å². The average molecular weight is 585 g/mol. The molecule has 4 atom stereocenters. The largest absolute Gasteiger partial charge is 0.508 e. The van der Waals surface area contributed by atoms with E-state index in [2.05, 4.69) is 22.8 Å². The first-order chi connectivity index (χ1) is 20.5. The molecule has 5 rings (SSSR count). The van der Waals surface area contributed by atoms with E-state index < -0.39 is 6.29 Å². The zero-order valence-electron chi connectivity index (χ0n) is 23.5. The van der Waals surface area contributed by atoms with Crippen LogP contribution >= 0.6 is 11.8 Å². The fourth-order valence-corrected chi connectivity index (χ4v) is 6.04. The van der Waals surface area contributed by atoms with Crippen LogP contribution in [0.1, 0.15) is 53.1 Å². The maximum atomic E-state index is 11.8. The van der Waals surface area contributed by atoms with Gasteiger partial charge in [0.1, 0.15) is 5.75 Å². The minimum atomic E-state index is -0.608. The molecule has 4 N–H and O–H groups in total. The molecule has 0 radical (unpaired) electrons. The number of ether oxygens (including phenoxy) is 2. The number of phenols is 1. The summed E-state index contributed by atoms with van der Waals surface area (Å²) in [6, 6.07) is 33.1. The summed E-state index contributed by atoms with van der Waals surface area (Å²) in [5, 5.41) is 24.9. The number of carbonyl (C=O) groups excluding carboxylic acids is 1. The van der Waals surface area contributed by atoms with Gasteiger partial charge in [0, 0.05) is 35.2 Å². The summed E-state index contributed by atoms with van der Waals surface area (Å²) in [6.07, 6.45) is -1.11. The summed E-state index contributed by atoms with van der Waals surface area (Å²) in [7, 11) is 0. The molecule has 218 valence electrons. The number of aliphatic hydroxyl groups is 1. The summed E-state index contributed by atoms with van der Waals surface area (Å²) in [6.45, 7) is 2.85. The van der Waals surface area contributed by atoms with E-state index in [1.807, 2.05) is 85.8 Å². The number of aliphatic hydroxyl groups excluding tert-OH is 1. The highest BCUT2D eigenvalue weighted by Gasteiger charge is 2.41. The van der Waals surface area contributed by atoms with Crippen molar-refractivity contribution in [3.63, 3.8) is 0 Å². The Morgan fingerprint density at radius 2 is 1.45 bits per heavy atom. The second-order valence-electron chi connectivity index (χ2n) is 10.2. The van der Waals surface area contributed by atoms with E-state index in [-0.39, 0.29) is 36.5 Å². The quantitative estimate of drug-likeness (QED) is 0.160. The molecule has 4 aromatic rings. The molecule has 1 fully saturated rings. The highest BCUT2D eigenvalue weighted by atomic mass is 32.2. The molecule has 0 bridgehead atoms. The molecule has 1 heterocycles. The molecule has 1 aliphatic rings. The van der Waals surface area contributed by atoms with E-state index >= 15 is 0 Å². The zero-order chi connectivity index (χ0) is 29.3. The highest BCUT2D eigenvalue weighted by molar-refractivity contribution is 7.99. The molecule has 0 saturated carbocycles. The molecule has 2 amide bonds. The first-order valence-electron chi connectivity index (χ1n) is 14.1. The van der Waals surface area contributed by atoms with Gasteiger partial charge in [-0.1, -0.05) is 78.9 Å². The van der Waals surface area contributed by atoms with Crippen LogP contribution in [0.2, 0.25) is 0 Å². The fraction of sp³-hybridized carbons (Fsp3) is 0.265. The van der Waals surface area contributed by atoms with Crippen LogP contribution in [0.3, 0.4) is 0 Å². The first-order valence-corrected chi connectivity index (χ1v) is 15.1. The molecule has 7 nitrogen and oxygen atoms in total. The fourth-order valence-electron chi connectivity index (χ4n) is 5.07. The van der Waals surface area contributed by atoms with E-state index in [9.17, 15) is 15.0 Å². The Morgan fingerprint density at radius 1 is 0.786 bits per heavy atom. The minimum absolute atomic E-state index is 0.0210. The predicted octanol–water partition coefficient (Wildman–Crippen LogP) is 6.44. The number of amides is 2. The van der Waals surface area contributed by atoms with Crippen molar-refractivity contribution in [1.29, 1.82) is 0 Å². The number of urea groups is 1. The van der Waals surface area contributed by atoms with Crippen LogP contribution in [0.15, 0.2) is 108 Å². The monoisotopic (exact) mass is 584 g/mol. The standard InChI is InChI=1S/C34H36N2O5S/c1-2-35-34(39)36-20-23-8-14-27(15-9-23)33-40-30(22-42-29-18-16-28(38)17-19-29)31(25-6-4-3-5-7-25)32(41-33)26-12-10-24(21-37)11-13-26/h3-19,30-33,37-38H,2,20-22H2,1H3,(H2,35,36,39)/t30-,31-,32+,33?/m1/s1. The topological polar surface area (TPSA) is 100 Å². The average Bonchev–Trinajstić information content (AvgIpc) is 3.04. The summed E-state index contributed by atoms with van der Waals surface area (Å²) in [5.41, 5.74) is 4.83. The number of nitrogens with one attached hydrogen (secondary N) is 2. The molecule has 1 saturated heterocycles. The lowest BCUT2D eigenvalue weighted by atomic mass is 9.84. The van der Waals surface area contributed by atoms with Crippen LogP contribution in [0.4, 0.5) is 4.79 Å². The molecule has 8 heteroatoms. The molecule has 42 heavy (non-hydrogen) atoms. The van der Waals surface area contributed by atoms with Gasteiger partial charge in [-0.2, -0.15) is 0 Å². The van der Waals surface area contributed by atoms with Gasteiger partial charge < -0.3 is 30.3 Å². The Labute approximate surface area is 250 Å². The third kappa shape index (κ3) is 7.52. The molecule has 4 aromatic carbocycles. The lowest BCUT2D eigenvalue weighted by Crippen LogP contribution is -2.38. The third-order valence-electron chi connectivity index (χ3n) is 7.26. The van der Waals surface area contributed by atoms with Crippen LogP contribution in [0, 0.1) is 0 Å². The second-order valence-corrected chi connectivity index (χ2v) is 11.3. The molecule has 0 aliphatic carbocycles. The van der Waals surface area contributed by atoms with Crippen LogP contribution in [-0.2, 0) is 22.6 Å². The van der Waals surface area contributed by atoms with Crippen LogP contribution < -0.4 is 10.6 Å². The summed E-state index contributed by atoms with van der Waals surface area (Å²) in [5.74, 6) is 0.816. The maximum Gasteiger partial charge on any atom is 0.315 e. The van der Waals surface area contributed by atoms with Crippen molar-refractivity contribution in [3.05, 3.63) is 131 Å². The molecule has 1 unspecified atom stereocenters. The van der Waals surface area contributed by atoms with Crippen molar-refractivity contribution in [1.82, 2.24) is 10.6 Å². The summed E-state index contributed by atoms with van der Waals surface area (Å²) in [4.78, 5) is 12.9. The Kier molecular flexibility index (Phi) is 10.2. The van der Waals surface area contributed by atoms with Crippen LogP contribution in [0.5, 0.6) is 5.75 Å². The lowest BCUT2D eigenvalue weighted by molar-refractivity contribution is -0.255. The van der Waals surface area contributed by atoms with Crippen molar-refractivity contribution in [3.8, 4) is 5.75 Å². The smallest absolute Gasteiger partial charge is 0.315 e. The van der Waals surface area contributed by atoms with Crippen molar-refractivity contribution < 1.29 is 24.5 Å². The normalized spacial score (nSPS) is 20.1. The molecular formula is C34H36N2O5S. The number of carbonyl (C=O) groups is 1. The Morgan fingerprint density at radius 3 is 2.12 bits per heavy atom. The summed E-state index contributed by atoms with van der Waals surface area (Å²) >= 11 is 1.68. The summed E-state index contributed by atoms with van der Waals surface area (Å²) < 4.78 is 13.5. The van der Waals surface area contributed by atoms with Gasteiger partial charge in [-0.15, -0.1) is 11.8 Å². The number of hydrogen-bond acceptors (Lipinski definition) is 6. The maximum absolute atomic E-state index is 11.8. The van der Waals surface area contributed by atoms with Gasteiger partial charge in [0.2, 0.25) is 0 Å². The van der Waals surface area contributed by atoms with Crippen molar-refractivity contribution in [2.75, 3.05) is 12.3 Å². The van der Waals surface area contributed by atoms with E-state index in [1.165, 1.54) is 0 Å². The number of phenolic OH excluding ortho intramolecular Hbond substituents is 1. The van der Waals surface area contributed by atoms with Gasteiger partial charge in [-0.25, -0.2) is 4.79 Å². The minimum Gasteiger partial charge on any atom is -0.508 e. The van der Waals surface area contributed by atoms with E-state index in [0.29, 0.717) is 18.8 Å². The number of aromatic hydroxyl groups is 1. The second kappa shape index (κ2) is 14.4. The van der Waals surface area contributed by atoms with Crippen molar-refractivity contribution >= 4 is 17.8 Å². The highest BCUT2D eigenvalue weighted by Crippen LogP contribution is 2.48. The lowest BCUT2D eigenvalue weighted by Gasteiger charge is -2.43. The number of hydrogen-bond donors (Lipinski definition) is 4. The Bertz CT molecular complexity index is 1420. The number of benzene rings is 4. The van der Waals surface area contributed by atoms with Gasteiger partial charge >= 0.3 is 6.03 Å². The van der Waals surface area contributed by atoms with Crippen LogP contribution in [-0.4, -0.2) is 34.6 Å². The Hall–Kier alpha value is -3.82. The first kappa shape index (κ1) is 29.7. The molecule has 0 spiro atoms. The van der Waals surface area contributed by atoms with E-state index in [1.54, 1.807) is 23.9 Å². The van der Waals surface area contributed by atoms with Gasteiger partial charge in [-0.3, -0.25) is 0 Å². The third-order valence-corrected chi connectivity index (χ3v) is 8.36. The zero-order valence-corrected chi connectivity index (χ0v) is 24.3. The Balaban J connectivity index is 1.44. The number of thioether (sulfide) groups is 1. The van der Waals surface area contributed by atoms with Crippen LogP contribution in [0.25, 0.3) is 0 Å². The molecular weight excluding hydrogens is 548 g/mol. The van der Waals surface area contributed by atoms with E-state index in [4.69, 9.17) is 9.47 Å². The van der Waals surface area contributed by atoms with Gasteiger partial charge in [0.05, 0.1) is 18.8 Å². The van der Waals surface area contributed by atoms with Gasteiger partial charge in [0.15, 0.2) is 6.29 Å². The molecule has 0 aromatic heterocycles. The van der Waals surface area contributed by atoms with Gasteiger partial charge in [-0.05, 0) is 53.4 Å².